The van der Waals surface area contributed by atoms with Crippen molar-refractivity contribution < 1.29 is 0 Å². The number of hydrogen-bond donors (Lipinski definition) is 1. The number of nitrogens with zero attached hydrogens (tertiary/aromatic N) is 3. The van der Waals surface area contributed by atoms with Crippen LogP contribution in [0, 0.1) is 6.92 Å². The third-order valence-electron chi connectivity index (χ3n) is 2.21. The minimum absolute atomic E-state index is 0.711. The predicted molar refractivity (Wildman–Crippen MR) is 76.3 cm³/mol. The summed E-state index contributed by atoms with van der Waals surface area (Å²) in [6, 6.07) is 6.10. The molecule has 0 aliphatic rings. The van der Waals surface area contributed by atoms with E-state index in [-0.39, 0.29) is 0 Å². The van der Waals surface area contributed by atoms with Gasteiger partial charge < -0.3 is 5.84 Å². The number of thioether (sulfide) groups is 1. The van der Waals surface area contributed by atoms with Gasteiger partial charge in [-0.05, 0) is 24.6 Å². The average molecular weight is 378 g/mol. The highest BCUT2D eigenvalue weighted by Gasteiger charge is 2.08. The van der Waals surface area contributed by atoms with Crippen LogP contribution in [0.25, 0.3) is 0 Å². The standard InChI is InChI=1S/C10H10Br2N4S/c1-6-14-15-10(16(6)13)17-5-7-2-3-8(11)4-9(7)12/h2-4H,5,13H2,1H3. The maximum atomic E-state index is 5.78. The molecule has 0 bridgehead atoms. The summed E-state index contributed by atoms with van der Waals surface area (Å²) < 4.78 is 3.62. The molecule has 0 aliphatic carbocycles. The first kappa shape index (κ1) is 12.9. The van der Waals surface area contributed by atoms with E-state index in [1.807, 2.05) is 19.1 Å². The van der Waals surface area contributed by atoms with Crippen molar-refractivity contribution in [2.24, 2.45) is 0 Å². The van der Waals surface area contributed by atoms with Crippen molar-refractivity contribution in [2.75, 3.05) is 5.84 Å². The summed E-state index contributed by atoms with van der Waals surface area (Å²) in [5, 5.41) is 8.64. The van der Waals surface area contributed by atoms with Gasteiger partial charge in [0, 0.05) is 14.7 Å². The van der Waals surface area contributed by atoms with E-state index in [2.05, 4.69) is 48.1 Å². The molecule has 0 fully saturated rings. The summed E-state index contributed by atoms with van der Waals surface area (Å²) in [6.45, 7) is 1.83. The van der Waals surface area contributed by atoms with Gasteiger partial charge in [-0.15, -0.1) is 10.2 Å². The van der Waals surface area contributed by atoms with Gasteiger partial charge in [0.1, 0.15) is 5.82 Å². The molecule has 0 atom stereocenters. The van der Waals surface area contributed by atoms with Gasteiger partial charge in [0.25, 0.3) is 0 Å². The van der Waals surface area contributed by atoms with Crippen LogP contribution in [-0.4, -0.2) is 14.9 Å². The molecule has 17 heavy (non-hydrogen) atoms. The molecule has 1 heterocycles. The number of halogens is 2. The lowest BCUT2D eigenvalue weighted by atomic mass is 10.2. The molecule has 0 amide bonds. The van der Waals surface area contributed by atoms with Gasteiger partial charge >= 0.3 is 0 Å². The molecule has 7 heteroatoms. The van der Waals surface area contributed by atoms with Crippen molar-refractivity contribution in [3.05, 3.63) is 38.5 Å². The van der Waals surface area contributed by atoms with Crippen LogP contribution in [0.1, 0.15) is 11.4 Å². The minimum Gasteiger partial charge on any atom is -0.336 e. The Labute approximate surface area is 120 Å². The maximum Gasteiger partial charge on any atom is 0.210 e. The summed E-state index contributed by atoms with van der Waals surface area (Å²) in [6.07, 6.45) is 0. The first-order valence-corrected chi connectivity index (χ1v) is 7.39. The molecule has 90 valence electrons. The molecule has 0 saturated carbocycles. The topological polar surface area (TPSA) is 56.7 Å². The molecular weight excluding hydrogens is 368 g/mol. The normalized spacial score (nSPS) is 10.8. The van der Waals surface area contributed by atoms with Crippen molar-refractivity contribution in [3.8, 4) is 0 Å². The zero-order chi connectivity index (χ0) is 12.4. The molecule has 0 radical (unpaired) electrons. The first-order chi connectivity index (χ1) is 8.08. The summed E-state index contributed by atoms with van der Waals surface area (Å²) >= 11 is 8.51. The van der Waals surface area contributed by atoms with E-state index in [1.165, 1.54) is 10.2 Å². The monoisotopic (exact) mass is 376 g/mol. The van der Waals surface area contributed by atoms with Crippen LogP contribution in [0.2, 0.25) is 0 Å². The van der Waals surface area contributed by atoms with E-state index in [0.29, 0.717) is 5.82 Å². The molecule has 0 spiro atoms. The molecule has 0 aliphatic heterocycles. The largest absolute Gasteiger partial charge is 0.336 e. The third-order valence-corrected chi connectivity index (χ3v) is 4.43. The summed E-state index contributed by atoms with van der Waals surface area (Å²) in [4.78, 5) is 0. The Morgan fingerprint density at radius 2 is 2.12 bits per heavy atom. The molecular formula is C10H10Br2N4S. The number of hydrogen-bond acceptors (Lipinski definition) is 4. The van der Waals surface area contributed by atoms with Gasteiger partial charge in [-0.3, -0.25) is 0 Å². The van der Waals surface area contributed by atoms with Crippen molar-refractivity contribution in [1.29, 1.82) is 0 Å². The Hall–Kier alpha value is -0.530. The van der Waals surface area contributed by atoms with Crippen LogP contribution in [0.3, 0.4) is 0 Å². The Bertz CT molecular complexity index is 541. The van der Waals surface area contributed by atoms with Gasteiger partial charge in [0.2, 0.25) is 5.16 Å². The second-order valence-corrected chi connectivity index (χ2v) is 6.14. The van der Waals surface area contributed by atoms with Crippen LogP contribution < -0.4 is 5.84 Å². The highest BCUT2D eigenvalue weighted by atomic mass is 79.9. The summed E-state index contributed by atoms with van der Waals surface area (Å²) in [7, 11) is 0. The highest BCUT2D eigenvalue weighted by Crippen LogP contribution is 2.27. The summed E-state index contributed by atoms with van der Waals surface area (Å²) in [5.41, 5.74) is 1.19. The van der Waals surface area contributed by atoms with E-state index >= 15 is 0 Å². The highest BCUT2D eigenvalue weighted by molar-refractivity contribution is 9.11. The number of nitrogen functional groups attached to an aromatic ring is 1. The molecule has 2 rings (SSSR count). The van der Waals surface area contributed by atoms with Crippen molar-refractivity contribution >= 4 is 43.6 Å². The quantitative estimate of drug-likeness (QED) is 0.659. The van der Waals surface area contributed by atoms with E-state index in [1.54, 1.807) is 11.8 Å². The predicted octanol–water partition coefficient (Wildman–Crippen LogP) is 3.12. The SMILES string of the molecule is Cc1nnc(SCc2ccc(Br)cc2Br)n1N. The third kappa shape index (κ3) is 3.02. The van der Waals surface area contributed by atoms with Crippen LogP contribution >= 0.6 is 43.6 Å². The van der Waals surface area contributed by atoms with Gasteiger partial charge in [-0.25, -0.2) is 4.68 Å². The van der Waals surface area contributed by atoms with Gasteiger partial charge in [0.15, 0.2) is 0 Å². The minimum atomic E-state index is 0.711. The van der Waals surface area contributed by atoms with Gasteiger partial charge in [-0.1, -0.05) is 49.7 Å². The Morgan fingerprint density at radius 3 is 2.71 bits per heavy atom. The number of aryl methyl sites for hydroxylation is 1. The van der Waals surface area contributed by atoms with E-state index in [9.17, 15) is 0 Å². The molecule has 2 N–H and O–H groups in total. The molecule has 1 aromatic carbocycles. The zero-order valence-electron chi connectivity index (χ0n) is 9.02. The van der Waals surface area contributed by atoms with Gasteiger partial charge in [0.05, 0.1) is 0 Å². The fourth-order valence-electron chi connectivity index (χ4n) is 1.23. The molecule has 2 aromatic rings. The molecule has 0 saturated heterocycles. The molecule has 1 aromatic heterocycles. The lowest BCUT2D eigenvalue weighted by Crippen LogP contribution is -2.11. The molecule has 4 nitrogen and oxygen atoms in total. The second-order valence-electron chi connectivity index (χ2n) is 3.42. The summed E-state index contributed by atoms with van der Waals surface area (Å²) in [5.74, 6) is 7.29. The number of benzene rings is 1. The average Bonchev–Trinajstić information content (AvgIpc) is 2.59. The number of aromatic nitrogens is 3. The van der Waals surface area contributed by atoms with Gasteiger partial charge in [-0.2, -0.15) is 0 Å². The fourth-order valence-corrected chi connectivity index (χ4v) is 3.51. The Kier molecular flexibility index (Phi) is 4.11. The van der Waals surface area contributed by atoms with Crippen molar-refractivity contribution in [2.45, 2.75) is 17.8 Å². The van der Waals surface area contributed by atoms with E-state index in [0.717, 1.165) is 19.9 Å². The first-order valence-electron chi connectivity index (χ1n) is 4.81. The zero-order valence-corrected chi connectivity index (χ0v) is 13.0. The van der Waals surface area contributed by atoms with Crippen LogP contribution in [0.4, 0.5) is 0 Å². The van der Waals surface area contributed by atoms with Crippen molar-refractivity contribution in [3.63, 3.8) is 0 Å². The van der Waals surface area contributed by atoms with E-state index < -0.39 is 0 Å². The van der Waals surface area contributed by atoms with Crippen LogP contribution in [0.5, 0.6) is 0 Å². The van der Waals surface area contributed by atoms with Crippen molar-refractivity contribution in [1.82, 2.24) is 14.9 Å². The fraction of sp³-hybridized carbons (Fsp3) is 0.200. The van der Waals surface area contributed by atoms with E-state index in [4.69, 9.17) is 5.84 Å². The smallest absolute Gasteiger partial charge is 0.210 e. The number of nitrogens with two attached hydrogens (primary N) is 1. The lowest BCUT2D eigenvalue weighted by molar-refractivity contribution is 0.825. The second kappa shape index (κ2) is 5.41. The Balaban J connectivity index is 2.10. The van der Waals surface area contributed by atoms with Crippen LogP contribution in [0.15, 0.2) is 32.3 Å². The lowest BCUT2D eigenvalue weighted by Gasteiger charge is -2.04. The number of rotatable bonds is 3. The maximum absolute atomic E-state index is 5.78. The Morgan fingerprint density at radius 1 is 1.35 bits per heavy atom. The van der Waals surface area contributed by atoms with Crippen LogP contribution in [-0.2, 0) is 5.75 Å². The molecule has 0 unspecified atom stereocenters.